The molecule has 0 radical (unpaired) electrons. The monoisotopic (exact) mass is 263 g/mol. The lowest BCUT2D eigenvalue weighted by molar-refractivity contribution is 0.0952. The van der Waals surface area contributed by atoms with Gasteiger partial charge in [0.1, 0.15) is 0 Å². The van der Waals surface area contributed by atoms with Gasteiger partial charge >= 0.3 is 0 Å². The highest BCUT2D eigenvalue weighted by Crippen LogP contribution is 1.97. The zero-order chi connectivity index (χ0) is 13.9. The normalized spacial score (nSPS) is 10.7. The van der Waals surface area contributed by atoms with E-state index in [-0.39, 0.29) is 5.91 Å². The van der Waals surface area contributed by atoms with Gasteiger partial charge in [-0.3, -0.25) is 4.79 Å². The molecule has 4 heteroatoms. The Morgan fingerprint density at radius 2 is 1.74 bits per heavy atom. The predicted molar refractivity (Wildman–Crippen MR) is 79.4 cm³/mol. The molecule has 1 amide bonds. The summed E-state index contributed by atoms with van der Waals surface area (Å²) in [6, 6.07) is 9.34. The van der Waals surface area contributed by atoms with E-state index in [4.69, 9.17) is 0 Å². The van der Waals surface area contributed by atoms with E-state index in [1.165, 1.54) is 0 Å². The molecular weight excluding hydrogens is 238 g/mol. The van der Waals surface area contributed by atoms with Crippen LogP contribution in [0.3, 0.4) is 0 Å². The third-order valence-corrected chi connectivity index (χ3v) is 3.00. The van der Waals surface area contributed by atoms with Crippen LogP contribution in [0.15, 0.2) is 30.3 Å². The number of nitrogens with one attached hydrogen (secondary N) is 2. The van der Waals surface area contributed by atoms with Crippen molar-refractivity contribution in [1.82, 2.24) is 15.5 Å². The molecule has 0 aliphatic carbocycles. The lowest BCUT2D eigenvalue weighted by Gasteiger charge is -2.16. The largest absolute Gasteiger partial charge is 0.352 e. The van der Waals surface area contributed by atoms with Crippen LogP contribution < -0.4 is 10.6 Å². The van der Waals surface area contributed by atoms with Gasteiger partial charge in [0.15, 0.2) is 0 Å². The first-order valence-electron chi connectivity index (χ1n) is 6.90. The minimum atomic E-state index is 0.0124. The number of nitrogens with zero attached hydrogens (tertiary/aromatic N) is 1. The molecule has 1 aromatic rings. The summed E-state index contributed by atoms with van der Waals surface area (Å²) in [6.45, 7) is 3.88. The first kappa shape index (κ1) is 15.7. The molecule has 1 rings (SSSR count). The number of carbonyl (C=O) groups excluding carboxylic acids is 1. The summed E-state index contributed by atoms with van der Waals surface area (Å²) in [6.07, 6.45) is 2.14. The summed E-state index contributed by atoms with van der Waals surface area (Å²) in [4.78, 5) is 14.1. The number of carbonyl (C=O) groups is 1. The van der Waals surface area contributed by atoms with E-state index in [0.29, 0.717) is 0 Å². The molecule has 19 heavy (non-hydrogen) atoms. The van der Waals surface area contributed by atoms with Crippen molar-refractivity contribution in [3.05, 3.63) is 35.9 Å². The third-order valence-electron chi connectivity index (χ3n) is 3.00. The lowest BCUT2D eigenvalue weighted by Crippen LogP contribution is -2.29. The molecule has 0 aromatic heterocycles. The Bertz CT molecular complexity index is 354. The van der Waals surface area contributed by atoms with Crippen LogP contribution in [0.5, 0.6) is 0 Å². The smallest absolute Gasteiger partial charge is 0.251 e. The second kappa shape index (κ2) is 9.53. The zero-order valence-corrected chi connectivity index (χ0v) is 12.0. The van der Waals surface area contributed by atoms with Gasteiger partial charge in [0.25, 0.3) is 5.91 Å². The highest BCUT2D eigenvalue weighted by atomic mass is 16.1. The molecule has 2 N–H and O–H groups in total. The molecule has 0 saturated heterocycles. The molecular formula is C15H25N3O. The molecule has 0 aliphatic heterocycles. The minimum absolute atomic E-state index is 0.0124. The maximum atomic E-state index is 11.8. The highest BCUT2D eigenvalue weighted by Gasteiger charge is 2.03. The summed E-state index contributed by atoms with van der Waals surface area (Å²) in [5.74, 6) is 0.0124. The number of benzene rings is 1. The van der Waals surface area contributed by atoms with Crippen molar-refractivity contribution in [3.63, 3.8) is 0 Å². The van der Waals surface area contributed by atoms with Crippen LogP contribution in [0.2, 0.25) is 0 Å². The Morgan fingerprint density at radius 3 is 2.37 bits per heavy atom. The van der Waals surface area contributed by atoms with E-state index in [1.807, 2.05) is 37.4 Å². The summed E-state index contributed by atoms with van der Waals surface area (Å²) >= 11 is 0. The number of hydrogen-bond donors (Lipinski definition) is 2. The first-order chi connectivity index (χ1) is 9.24. The van der Waals surface area contributed by atoms with E-state index in [1.54, 1.807) is 0 Å². The van der Waals surface area contributed by atoms with Gasteiger partial charge < -0.3 is 15.5 Å². The Kier molecular flexibility index (Phi) is 7.86. The van der Waals surface area contributed by atoms with Crippen molar-refractivity contribution in [2.75, 3.05) is 40.3 Å². The lowest BCUT2D eigenvalue weighted by atomic mass is 10.2. The predicted octanol–water partition coefficient (Wildman–Crippen LogP) is 1.35. The van der Waals surface area contributed by atoms with Gasteiger partial charge in [-0.05, 0) is 58.7 Å². The van der Waals surface area contributed by atoms with Crippen molar-refractivity contribution in [2.45, 2.75) is 12.8 Å². The summed E-state index contributed by atoms with van der Waals surface area (Å²) in [5.41, 5.74) is 0.727. The molecule has 106 valence electrons. The molecule has 0 saturated carbocycles. The molecule has 0 heterocycles. The van der Waals surface area contributed by atoms with Crippen LogP contribution in [0.1, 0.15) is 23.2 Å². The van der Waals surface area contributed by atoms with E-state index in [2.05, 4.69) is 22.6 Å². The maximum Gasteiger partial charge on any atom is 0.251 e. The minimum Gasteiger partial charge on any atom is -0.352 e. The molecule has 0 unspecified atom stereocenters. The van der Waals surface area contributed by atoms with Crippen molar-refractivity contribution >= 4 is 5.91 Å². The molecule has 0 aliphatic rings. The average molecular weight is 263 g/mol. The summed E-state index contributed by atoms with van der Waals surface area (Å²) in [5, 5.41) is 6.08. The number of amides is 1. The second-order valence-corrected chi connectivity index (χ2v) is 4.74. The van der Waals surface area contributed by atoms with E-state index in [0.717, 1.165) is 44.6 Å². The van der Waals surface area contributed by atoms with Crippen LogP contribution in [-0.4, -0.2) is 51.1 Å². The van der Waals surface area contributed by atoms with Crippen LogP contribution in [0.4, 0.5) is 0 Å². The fourth-order valence-corrected chi connectivity index (χ4v) is 1.88. The van der Waals surface area contributed by atoms with Crippen LogP contribution >= 0.6 is 0 Å². The molecule has 0 atom stereocenters. The van der Waals surface area contributed by atoms with Crippen molar-refractivity contribution in [2.24, 2.45) is 0 Å². The zero-order valence-electron chi connectivity index (χ0n) is 12.0. The fourth-order valence-electron chi connectivity index (χ4n) is 1.88. The SMILES string of the molecule is CNCCCN(C)CCCNC(=O)c1ccccc1. The van der Waals surface area contributed by atoms with Gasteiger partial charge in [0, 0.05) is 12.1 Å². The Labute approximate surface area is 116 Å². The number of rotatable bonds is 9. The van der Waals surface area contributed by atoms with Crippen LogP contribution in [-0.2, 0) is 0 Å². The topological polar surface area (TPSA) is 44.4 Å². The molecule has 1 aromatic carbocycles. The third kappa shape index (κ3) is 6.94. The maximum absolute atomic E-state index is 11.8. The number of hydrogen-bond acceptors (Lipinski definition) is 3. The Morgan fingerprint density at radius 1 is 1.11 bits per heavy atom. The van der Waals surface area contributed by atoms with E-state index >= 15 is 0 Å². The molecule has 0 spiro atoms. The first-order valence-corrected chi connectivity index (χ1v) is 6.90. The molecule has 0 bridgehead atoms. The van der Waals surface area contributed by atoms with Crippen molar-refractivity contribution < 1.29 is 4.79 Å². The average Bonchev–Trinajstić information content (AvgIpc) is 2.44. The Balaban J connectivity index is 2.09. The fraction of sp³-hybridized carbons (Fsp3) is 0.533. The van der Waals surface area contributed by atoms with Gasteiger partial charge in [-0.2, -0.15) is 0 Å². The van der Waals surface area contributed by atoms with E-state index in [9.17, 15) is 4.79 Å². The second-order valence-electron chi connectivity index (χ2n) is 4.74. The quantitative estimate of drug-likeness (QED) is 0.661. The van der Waals surface area contributed by atoms with Crippen LogP contribution in [0.25, 0.3) is 0 Å². The Hall–Kier alpha value is -1.39. The van der Waals surface area contributed by atoms with Gasteiger partial charge in [-0.15, -0.1) is 0 Å². The molecule has 0 fully saturated rings. The highest BCUT2D eigenvalue weighted by molar-refractivity contribution is 5.94. The van der Waals surface area contributed by atoms with Crippen molar-refractivity contribution in [1.29, 1.82) is 0 Å². The van der Waals surface area contributed by atoms with Gasteiger partial charge in [-0.1, -0.05) is 18.2 Å². The van der Waals surface area contributed by atoms with E-state index < -0.39 is 0 Å². The van der Waals surface area contributed by atoms with Crippen LogP contribution in [0, 0.1) is 0 Å². The summed E-state index contributed by atoms with van der Waals surface area (Å²) in [7, 11) is 4.09. The van der Waals surface area contributed by atoms with Gasteiger partial charge in [-0.25, -0.2) is 0 Å². The van der Waals surface area contributed by atoms with Gasteiger partial charge in [0.2, 0.25) is 0 Å². The standard InChI is InChI=1S/C15H25N3O/c1-16-10-6-12-18(2)13-7-11-17-15(19)14-8-4-3-5-9-14/h3-5,8-9,16H,6-7,10-13H2,1-2H3,(H,17,19). The summed E-state index contributed by atoms with van der Waals surface area (Å²) < 4.78 is 0. The molecule has 4 nitrogen and oxygen atoms in total. The van der Waals surface area contributed by atoms with Crippen molar-refractivity contribution in [3.8, 4) is 0 Å². The van der Waals surface area contributed by atoms with Gasteiger partial charge in [0.05, 0.1) is 0 Å².